The highest BCUT2D eigenvalue weighted by Gasteiger charge is 2.40. The number of rotatable bonds is 8. The third-order valence-electron chi connectivity index (χ3n) is 7.47. The number of ether oxygens (including phenoxy) is 3. The van der Waals surface area contributed by atoms with Crippen molar-refractivity contribution in [3.63, 3.8) is 0 Å². The van der Waals surface area contributed by atoms with Crippen LogP contribution < -0.4 is 25.5 Å². The lowest BCUT2D eigenvalue weighted by Gasteiger charge is -2.29. The molecule has 1 aromatic carbocycles. The molecule has 11 heteroatoms. The zero-order valence-corrected chi connectivity index (χ0v) is 23.9. The summed E-state index contributed by atoms with van der Waals surface area (Å²) in [6, 6.07) is 9.68. The SMILES string of the molecule is COc1cccc2c1[C@@H]1CN(CCCCn3c(=O)[nH]c4c(sc5ccc(OC(C)C)nc54)c3=O)C[C@H]1CO2.Cl. The van der Waals surface area contributed by atoms with Crippen molar-refractivity contribution in [2.75, 3.05) is 33.4 Å². The largest absolute Gasteiger partial charge is 0.496 e. The molecule has 0 amide bonds. The minimum Gasteiger partial charge on any atom is -0.496 e. The quantitative estimate of drug-likeness (QED) is 0.312. The van der Waals surface area contributed by atoms with E-state index in [1.165, 1.54) is 21.5 Å². The number of aromatic nitrogens is 3. The monoisotopic (exact) mass is 572 g/mol. The first-order valence-electron chi connectivity index (χ1n) is 13.2. The van der Waals surface area contributed by atoms with Crippen molar-refractivity contribution in [2.45, 2.75) is 45.3 Å². The fourth-order valence-corrected chi connectivity index (χ4v) is 6.81. The van der Waals surface area contributed by atoms with E-state index in [4.69, 9.17) is 14.2 Å². The zero-order chi connectivity index (χ0) is 26.4. The number of thiophene rings is 1. The van der Waals surface area contributed by atoms with E-state index in [-0.39, 0.29) is 24.1 Å². The Morgan fingerprint density at radius 1 is 1.15 bits per heavy atom. The van der Waals surface area contributed by atoms with Crippen LogP contribution in [0, 0.1) is 5.92 Å². The highest BCUT2D eigenvalue weighted by Crippen LogP contribution is 2.46. The van der Waals surface area contributed by atoms with Gasteiger partial charge in [0, 0.05) is 43.1 Å². The molecule has 2 atom stereocenters. The summed E-state index contributed by atoms with van der Waals surface area (Å²) in [6.45, 7) is 7.82. The Balaban J connectivity index is 0.00000308. The van der Waals surface area contributed by atoms with Crippen LogP contribution in [0.5, 0.6) is 17.4 Å². The molecular formula is C28H33ClN4O5S. The van der Waals surface area contributed by atoms with Gasteiger partial charge in [0.05, 0.1) is 30.0 Å². The highest BCUT2D eigenvalue weighted by atomic mass is 35.5. The lowest BCUT2D eigenvalue weighted by Crippen LogP contribution is -2.34. The van der Waals surface area contributed by atoms with Gasteiger partial charge in [-0.2, -0.15) is 0 Å². The van der Waals surface area contributed by atoms with E-state index in [0.717, 1.165) is 55.3 Å². The van der Waals surface area contributed by atoms with E-state index in [0.29, 0.717) is 40.0 Å². The van der Waals surface area contributed by atoms with Crippen molar-refractivity contribution in [3.05, 3.63) is 56.7 Å². The third kappa shape index (κ3) is 5.13. The minimum atomic E-state index is -0.396. The van der Waals surface area contributed by atoms with Gasteiger partial charge in [-0.25, -0.2) is 9.78 Å². The Morgan fingerprint density at radius 2 is 1.97 bits per heavy atom. The number of aromatic amines is 1. The summed E-state index contributed by atoms with van der Waals surface area (Å²) in [5.74, 6) is 3.15. The first-order valence-corrected chi connectivity index (χ1v) is 14.0. The Kier molecular flexibility index (Phi) is 7.89. The number of benzene rings is 1. The predicted molar refractivity (Wildman–Crippen MR) is 155 cm³/mol. The second-order valence-electron chi connectivity index (χ2n) is 10.4. The molecule has 0 spiro atoms. The third-order valence-corrected chi connectivity index (χ3v) is 8.61. The zero-order valence-electron chi connectivity index (χ0n) is 22.3. The summed E-state index contributed by atoms with van der Waals surface area (Å²) >= 11 is 1.36. The predicted octanol–water partition coefficient (Wildman–Crippen LogP) is 4.41. The number of methoxy groups -OCH3 is 1. The van der Waals surface area contributed by atoms with Crippen LogP contribution in [0.15, 0.2) is 39.9 Å². The van der Waals surface area contributed by atoms with Crippen molar-refractivity contribution in [1.82, 2.24) is 19.4 Å². The standard InChI is InChI=1S/C28H32N4O5S.ClH/c1-16(2)37-22-10-9-21-24(29-22)25-26(38-21)27(33)32(28(34)30-25)12-5-4-11-31-13-17-15-36-20-8-6-7-19(35-3)23(20)18(17)14-31;/h6-10,16-18H,4-5,11-15H2,1-3H3,(H,30,34);1H/t17-,18+;/m0./s1. The number of nitrogens with one attached hydrogen (secondary N) is 1. The first-order chi connectivity index (χ1) is 18.4. The summed E-state index contributed by atoms with van der Waals surface area (Å²) in [5, 5.41) is 0. The molecule has 2 aliphatic heterocycles. The smallest absolute Gasteiger partial charge is 0.328 e. The van der Waals surface area contributed by atoms with Crippen LogP contribution in [0.2, 0.25) is 0 Å². The van der Waals surface area contributed by atoms with Gasteiger partial charge in [-0.1, -0.05) is 6.07 Å². The molecule has 0 unspecified atom stereocenters. The normalized spacial score (nSPS) is 18.6. The van der Waals surface area contributed by atoms with Crippen LogP contribution in [0.4, 0.5) is 0 Å². The van der Waals surface area contributed by atoms with Gasteiger partial charge in [0.25, 0.3) is 5.56 Å². The van der Waals surface area contributed by atoms with Gasteiger partial charge in [-0.3, -0.25) is 9.36 Å². The number of hydrogen-bond acceptors (Lipinski definition) is 8. The van der Waals surface area contributed by atoms with Gasteiger partial charge in [-0.05, 0) is 51.4 Å². The molecular weight excluding hydrogens is 540 g/mol. The van der Waals surface area contributed by atoms with Gasteiger partial charge in [0.1, 0.15) is 21.7 Å². The maximum Gasteiger partial charge on any atom is 0.328 e. The minimum absolute atomic E-state index is 0. The molecule has 1 fully saturated rings. The van der Waals surface area contributed by atoms with Gasteiger partial charge < -0.3 is 24.1 Å². The van der Waals surface area contributed by atoms with E-state index in [9.17, 15) is 9.59 Å². The maximum atomic E-state index is 13.2. The molecule has 1 saturated heterocycles. The van der Waals surface area contributed by atoms with E-state index >= 15 is 0 Å². The Hall–Kier alpha value is -3.08. The first kappa shape index (κ1) is 27.5. The van der Waals surface area contributed by atoms with E-state index in [1.54, 1.807) is 13.2 Å². The fraction of sp³-hybridized carbons (Fsp3) is 0.464. The number of nitrogens with zero attached hydrogens (tertiary/aromatic N) is 3. The van der Waals surface area contributed by atoms with Crippen LogP contribution >= 0.6 is 23.7 Å². The number of halogens is 1. The Bertz CT molecular complexity index is 1600. The average molecular weight is 573 g/mol. The molecule has 1 N–H and O–H groups in total. The van der Waals surface area contributed by atoms with Gasteiger partial charge in [0.15, 0.2) is 0 Å². The number of unbranched alkanes of at least 4 members (excludes halogenated alkanes) is 1. The van der Waals surface area contributed by atoms with Gasteiger partial charge in [0.2, 0.25) is 5.88 Å². The van der Waals surface area contributed by atoms with Crippen LogP contribution in [0.3, 0.4) is 0 Å². The number of fused-ring (bicyclic) bond motifs is 6. The molecule has 6 rings (SSSR count). The Morgan fingerprint density at radius 3 is 2.77 bits per heavy atom. The molecule has 2 aliphatic rings. The summed E-state index contributed by atoms with van der Waals surface area (Å²) in [7, 11) is 1.71. The molecule has 0 saturated carbocycles. The van der Waals surface area contributed by atoms with Crippen LogP contribution in [0.25, 0.3) is 20.4 Å². The second-order valence-corrected chi connectivity index (χ2v) is 11.4. The molecule has 39 heavy (non-hydrogen) atoms. The van der Waals surface area contributed by atoms with Crippen LogP contribution in [-0.4, -0.2) is 58.9 Å². The molecule has 3 aromatic heterocycles. The van der Waals surface area contributed by atoms with Crippen molar-refractivity contribution in [1.29, 1.82) is 0 Å². The fourth-order valence-electron chi connectivity index (χ4n) is 5.76. The molecule has 0 bridgehead atoms. The lowest BCUT2D eigenvalue weighted by molar-refractivity contribution is 0.209. The van der Waals surface area contributed by atoms with Gasteiger partial charge in [-0.15, -0.1) is 23.7 Å². The summed E-state index contributed by atoms with van der Waals surface area (Å²) < 4.78 is 20.0. The number of H-pyrrole nitrogens is 1. The number of pyridine rings is 1. The average Bonchev–Trinajstić information content (AvgIpc) is 3.48. The second kappa shape index (κ2) is 11.2. The number of likely N-dealkylation sites (tertiary alicyclic amines) is 1. The number of hydrogen-bond donors (Lipinski definition) is 1. The summed E-state index contributed by atoms with van der Waals surface area (Å²) in [6.07, 6.45) is 1.62. The maximum absolute atomic E-state index is 13.2. The molecule has 5 heterocycles. The van der Waals surface area contributed by atoms with E-state index in [1.807, 2.05) is 38.1 Å². The summed E-state index contributed by atoms with van der Waals surface area (Å²) in [5.41, 5.74) is 1.62. The van der Waals surface area contributed by atoms with Crippen molar-refractivity contribution >= 4 is 44.2 Å². The van der Waals surface area contributed by atoms with Gasteiger partial charge >= 0.3 is 5.69 Å². The van der Waals surface area contributed by atoms with Crippen molar-refractivity contribution in [3.8, 4) is 17.4 Å². The molecule has 9 nitrogen and oxygen atoms in total. The van der Waals surface area contributed by atoms with E-state index in [2.05, 4.69) is 14.9 Å². The van der Waals surface area contributed by atoms with Crippen LogP contribution in [0.1, 0.15) is 38.2 Å². The van der Waals surface area contributed by atoms with Crippen molar-refractivity contribution < 1.29 is 14.2 Å². The topological polar surface area (TPSA) is 98.7 Å². The summed E-state index contributed by atoms with van der Waals surface area (Å²) in [4.78, 5) is 36.0. The Labute approximate surface area is 236 Å². The highest BCUT2D eigenvalue weighted by molar-refractivity contribution is 7.25. The van der Waals surface area contributed by atoms with Crippen LogP contribution in [-0.2, 0) is 6.54 Å². The molecule has 4 aromatic rings. The molecule has 0 radical (unpaired) electrons. The van der Waals surface area contributed by atoms with E-state index < -0.39 is 5.69 Å². The van der Waals surface area contributed by atoms with Crippen molar-refractivity contribution in [2.24, 2.45) is 5.92 Å². The lowest BCUT2D eigenvalue weighted by atomic mass is 9.86. The molecule has 208 valence electrons. The molecule has 0 aliphatic carbocycles.